The van der Waals surface area contributed by atoms with E-state index in [4.69, 9.17) is 4.74 Å². The minimum Gasteiger partial charge on any atom is -0.378 e. The van der Waals surface area contributed by atoms with E-state index >= 15 is 0 Å². The van der Waals surface area contributed by atoms with Crippen LogP contribution in [0.15, 0.2) is 97.2 Å². The highest BCUT2D eigenvalue weighted by Gasteiger charge is 2.14. The zero-order chi connectivity index (χ0) is 25.7. The van der Waals surface area contributed by atoms with E-state index in [1.54, 1.807) is 0 Å². The predicted octanol–water partition coefficient (Wildman–Crippen LogP) is 5.18. The molecule has 0 unspecified atom stereocenters. The summed E-state index contributed by atoms with van der Waals surface area (Å²) < 4.78 is 7.42. The SMILES string of the molecule is O=C(Cc1cn(-c2ccc(Nc3ccc(N4CCOCC4)cc3)nn2)c2ccccc12)Nc1ccccc1. The van der Waals surface area contributed by atoms with Crippen LogP contribution in [0.5, 0.6) is 0 Å². The minimum atomic E-state index is -0.0654. The van der Waals surface area contributed by atoms with Crippen molar-refractivity contribution in [1.29, 1.82) is 0 Å². The summed E-state index contributed by atoms with van der Waals surface area (Å²) in [7, 11) is 0. The Labute approximate surface area is 220 Å². The van der Waals surface area contributed by atoms with Gasteiger partial charge in [0.05, 0.1) is 25.2 Å². The lowest BCUT2D eigenvalue weighted by atomic mass is 10.1. The van der Waals surface area contributed by atoms with Gasteiger partial charge in [0, 0.05) is 41.7 Å². The average molecular weight is 505 g/mol. The van der Waals surface area contributed by atoms with Crippen molar-refractivity contribution in [3.63, 3.8) is 0 Å². The highest BCUT2D eigenvalue weighted by molar-refractivity contribution is 5.96. The predicted molar refractivity (Wildman–Crippen MR) is 150 cm³/mol. The van der Waals surface area contributed by atoms with Crippen molar-refractivity contribution in [2.75, 3.05) is 41.8 Å². The Hall–Kier alpha value is -4.69. The summed E-state index contributed by atoms with van der Waals surface area (Å²) in [6, 6.07) is 29.7. The van der Waals surface area contributed by atoms with Gasteiger partial charge in [0.2, 0.25) is 5.91 Å². The number of morpholine rings is 1. The standard InChI is InChI=1S/C30H28N6O2/c37-30(32-23-6-2-1-3-7-23)20-22-21-36(27-9-5-4-8-26(22)27)29-15-14-28(33-34-29)31-24-10-12-25(13-11-24)35-16-18-38-19-17-35/h1-15,21H,16-20H2,(H,31,33)(H,32,37). The number of benzene rings is 3. The molecule has 1 aliphatic rings. The zero-order valence-electron chi connectivity index (χ0n) is 20.9. The number of aromatic nitrogens is 3. The van der Waals surface area contributed by atoms with Gasteiger partial charge in [0.15, 0.2) is 11.6 Å². The van der Waals surface area contributed by atoms with Gasteiger partial charge in [-0.3, -0.25) is 9.36 Å². The highest BCUT2D eigenvalue weighted by Crippen LogP contribution is 2.26. The molecular weight excluding hydrogens is 476 g/mol. The highest BCUT2D eigenvalue weighted by atomic mass is 16.5. The molecule has 0 aliphatic carbocycles. The fraction of sp³-hybridized carbons (Fsp3) is 0.167. The summed E-state index contributed by atoms with van der Waals surface area (Å²) in [4.78, 5) is 15.1. The molecule has 0 saturated carbocycles. The lowest BCUT2D eigenvalue weighted by molar-refractivity contribution is -0.115. The minimum absolute atomic E-state index is 0.0654. The zero-order valence-corrected chi connectivity index (χ0v) is 20.9. The first-order valence-corrected chi connectivity index (χ1v) is 12.7. The van der Waals surface area contributed by atoms with Crippen molar-refractivity contribution >= 4 is 39.7 Å². The number of nitrogens with zero attached hydrogens (tertiary/aromatic N) is 4. The first-order chi connectivity index (χ1) is 18.7. The topological polar surface area (TPSA) is 84.3 Å². The Balaban J connectivity index is 1.18. The van der Waals surface area contributed by atoms with Gasteiger partial charge in [-0.05, 0) is 60.2 Å². The summed E-state index contributed by atoms with van der Waals surface area (Å²) in [5.74, 6) is 1.28. The molecule has 6 rings (SSSR count). The molecule has 8 nitrogen and oxygen atoms in total. The summed E-state index contributed by atoms with van der Waals surface area (Å²) in [5, 5.41) is 16.2. The van der Waals surface area contributed by atoms with E-state index < -0.39 is 0 Å². The van der Waals surface area contributed by atoms with Gasteiger partial charge < -0.3 is 20.3 Å². The molecule has 8 heteroatoms. The molecule has 5 aromatic rings. The number of nitrogens with one attached hydrogen (secondary N) is 2. The summed E-state index contributed by atoms with van der Waals surface area (Å²) in [6.45, 7) is 3.35. The average Bonchev–Trinajstić information content (AvgIpc) is 3.33. The summed E-state index contributed by atoms with van der Waals surface area (Å²) in [6.07, 6.45) is 2.23. The maximum Gasteiger partial charge on any atom is 0.228 e. The fourth-order valence-corrected chi connectivity index (χ4v) is 4.73. The lowest BCUT2D eigenvalue weighted by Crippen LogP contribution is -2.36. The van der Waals surface area contributed by atoms with Crippen molar-refractivity contribution in [2.45, 2.75) is 6.42 Å². The van der Waals surface area contributed by atoms with Gasteiger partial charge in [-0.2, -0.15) is 0 Å². The molecule has 2 aromatic heterocycles. The van der Waals surface area contributed by atoms with E-state index in [1.807, 2.05) is 89.6 Å². The van der Waals surface area contributed by atoms with E-state index in [-0.39, 0.29) is 12.3 Å². The Kier molecular flexibility index (Phi) is 6.70. The van der Waals surface area contributed by atoms with Gasteiger partial charge in [0.1, 0.15) is 0 Å². The number of rotatable bonds is 7. The molecule has 190 valence electrons. The van der Waals surface area contributed by atoms with E-state index in [0.29, 0.717) is 11.6 Å². The maximum absolute atomic E-state index is 12.7. The maximum atomic E-state index is 12.7. The van der Waals surface area contributed by atoms with Gasteiger partial charge in [-0.15, -0.1) is 10.2 Å². The van der Waals surface area contributed by atoms with Crippen molar-refractivity contribution < 1.29 is 9.53 Å². The number of amides is 1. The monoisotopic (exact) mass is 504 g/mol. The number of hydrogen-bond donors (Lipinski definition) is 2. The Morgan fingerprint density at radius 1 is 0.816 bits per heavy atom. The molecule has 1 amide bonds. The van der Waals surface area contributed by atoms with E-state index in [2.05, 4.69) is 37.9 Å². The third-order valence-electron chi connectivity index (χ3n) is 6.62. The van der Waals surface area contributed by atoms with Crippen LogP contribution in [0.1, 0.15) is 5.56 Å². The first-order valence-electron chi connectivity index (χ1n) is 12.7. The third-order valence-corrected chi connectivity index (χ3v) is 6.62. The van der Waals surface area contributed by atoms with Gasteiger partial charge in [0.25, 0.3) is 0 Å². The molecule has 0 bridgehead atoms. The molecule has 0 radical (unpaired) electrons. The molecule has 2 N–H and O–H groups in total. The van der Waals surface area contributed by atoms with Crippen LogP contribution in [0.2, 0.25) is 0 Å². The Bertz CT molecular complexity index is 1530. The van der Waals surface area contributed by atoms with E-state index in [0.717, 1.165) is 54.1 Å². The number of carbonyl (C=O) groups excluding carboxylic acids is 1. The van der Waals surface area contributed by atoms with Crippen LogP contribution in [0.3, 0.4) is 0 Å². The first kappa shape index (κ1) is 23.7. The molecule has 3 heterocycles. The number of anilines is 4. The number of para-hydroxylation sites is 2. The van der Waals surface area contributed by atoms with Crippen LogP contribution in [-0.2, 0) is 16.0 Å². The number of carbonyl (C=O) groups is 1. The van der Waals surface area contributed by atoms with E-state index in [1.165, 1.54) is 5.69 Å². The van der Waals surface area contributed by atoms with Crippen molar-refractivity contribution in [1.82, 2.24) is 14.8 Å². The lowest BCUT2D eigenvalue weighted by Gasteiger charge is -2.28. The van der Waals surface area contributed by atoms with E-state index in [9.17, 15) is 4.79 Å². The molecule has 38 heavy (non-hydrogen) atoms. The smallest absolute Gasteiger partial charge is 0.228 e. The fourth-order valence-electron chi connectivity index (χ4n) is 4.73. The molecule has 1 aliphatic heterocycles. The van der Waals surface area contributed by atoms with Crippen LogP contribution in [0.25, 0.3) is 16.7 Å². The van der Waals surface area contributed by atoms with Crippen molar-refractivity contribution in [2.24, 2.45) is 0 Å². The van der Waals surface area contributed by atoms with Crippen LogP contribution in [0, 0.1) is 0 Å². The second-order valence-corrected chi connectivity index (χ2v) is 9.18. The van der Waals surface area contributed by atoms with Gasteiger partial charge in [-0.25, -0.2) is 0 Å². The Morgan fingerprint density at radius 2 is 1.58 bits per heavy atom. The van der Waals surface area contributed by atoms with Gasteiger partial charge >= 0.3 is 0 Å². The second kappa shape index (κ2) is 10.7. The summed E-state index contributed by atoms with van der Waals surface area (Å²) in [5.41, 5.74) is 4.82. The van der Waals surface area contributed by atoms with Crippen LogP contribution in [-0.4, -0.2) is 47.0 Å². The molecule has 0 spiro atoms. The van der Waals surface area contributed by atoms with Crippen LogP contribution < -0.4 is 15.5 Å². The van der Waals surface area contributed by atoms with Crippen molar-refractivity contribution in [3.05, 3.63) is 103 Å². The molecular formula is C30H28N6O2. The number of ether oxygens (including phenoxy) is 1. The number of hydrogen-bond acceptors (Lipinski definition) is 6. The number of fused-ring (bicyclic) bond motifs is 1. The Morgan fingerprint density at radius 3 is 2.34 bits per heavy atom. The van der Waals surface area contributed by atoms with Crippen LogP contribution >= 0.6 is 0 Å². The largest absolute Gasteiger partial charge is 0.378 e. The third kappa shape index (κ3) is 5.21. The second-order valence-electron chi connectivity index (χ2n) is 9.18. The van der Waals surface area contributed by atoms with Gasteiger partial charge in [-0.1, -0.05) is 36.4 Å². The molecule has 1 saturated heterocycles. The van der Waals surface area contributed by atoms with Crippen molar-refractivity contribution in [3.8, 4) is 5.82 Å². The molecule has 1 fully saturated rings. The molecule has 0 atom stereocenters. The van der Waals surface area contributed by atoms with Crippen LogP contribution in [0.4, 0.5) is 22.9 Å². The quantitative estimate of drug-likeness (QED) is 0.318. The summed E-state index contributed by atoms with van der Waals surface area (Å²) >= 11 is 0. The molecule has 3 aromatic carbocycles. The normalized spacial score (nSPS) is 13.4.